The van der Waals surface area contributed by atoms with Crippen LogP contribution in [0.25, 0.3) is 0 Å². The molecular formula is C37H55N5O7. The third-order valence-electron chi connectivity index (χ3n) is 9.76. The number of fused-ring (bicyclic) bond motifs is 1. The number of urea groups is 1. The van der Waals surface area contributed by atoms with Crippen LogP contribution in [0.4, 0.5) is 4.79 Å². The molecule has 4 N–H and O–H groups in total. The van der Waals surface area contributed by atoms with E-state index in [1.807, 2.05) is 51.1 Å². The summed E-state index contributed by atoms with van der Waals surface area (Å²) in [4.78, 5) is 81.8. The highest BCUT2D eigenvalue weighted by Crippen LogP contribution is 2.65. The number of likely N-dealkylation sites (tertiary alicyclic amines) is 1. The second kappa shape index (κ2) is 16.0. The van der Waals surface area contributed by atoms with Crippen molar-refractivity contribution < 1.29 is 33.5 Å². The third-order valence-corrected chi connectivity index (χ3v) is 9.76. The van der Waals surface area contributed by atoms with E-state index in [0.29, 0.717) is 13.0 Å². The van der Waals surface area contributed by atoms with Gasteiger partial charge in [0.05, 0.1) is 6.04 Å². The van der Waals surface area contributed by atoms with Crippen molar-refractivity contribution >= 4 is 35.5 Å². The lowest BCUT2D eigenvalue weighted by atomic mass is 9.85. The van der Waals surface area contributed by atoms with E-state index in [2.05, 4.69) is 27.8 Å². The number of hydrogen-bond donors (Lipinski definition) is 4. The molecule has 2 unspecified atom stereocenters. The zero-order valence-corrected chi connectivity index (χ0v) is 30.4. The molecule has 5 amide bonds. The van der Waals surface area contributed by atoms with Gasteiger partial charge >= 0.3 is 12.0 Å². The molecule has 1 saturated carbocycles. The number of hydrogen-bond acceptors (Lipinski definition) is 7. The maximum atomic E-state index is 14.3. The molecule has 12 nitrogen and oxygen atoms in total. The van der Waals surface area contributed by atoms with Crippen LogP contribution in [0.15, 0.2) is 43.0 Å². The molecule has 1 aliphatic carbocycles. The van der Waals surface area contributed by atoms with Crippen LogP contribution in [-0.2, 0) is 28.7 Å². The Morgan fingerprint density at radius 1 is 1.02 bits per heavy atom. The summed E-state index contributed by atoms with van der Waals surface area (Å²) in [5.74, 6) is -3.58. The van der Waals surface area contributed by atoms with Gasteiger partial charge in [-0.3, -0.25) is 19.2 Å². The van der Waals surface area contributed by atoms with Crippen molar-refractivity contribution in [2.24, 2.45) is 28.6 Å². The molecule has 12 heteroatoms. The van der Waals surface area contributed by atoms with Crippen LogP contribution in [0.2, 0.25) is 0 Å². The summed E-state index contributed by atoms with van der Waals surface area (Å²) >= 11 is 0. The first-order valence-electron chi connectivity index (χ1n) is 17.2. The summed E-state index contributed by atoms with van der Waals surface area (Å²) in [5.41, 5.74) is -0.182. The van der Waals surface area contributed by atoms with Crippen molar-refractivity contribution in [3.63, 3.8) is 0 Å². The minimum absolute atomic E-state index is 0.0459. The first kappa shape index (κ1) is 39.2. The van der Waals surface area contributed by atoms with E-state index in [1.54, 1.807) is 41.5 Å². The quantitative estimate of drug-likeness (QED) is 0.125. The Morgan fingerprint density at radius 2 is 1.65 bits per heavy atom. The summed E-state index contributed by atoms with van der Waals surface area (Å²) in [6, 6.07) is 4.53. The molecule has 0 radical (unpaired) electrons. The molecule has 3 rings (SSSR count). The number of rotatable bonds is 15. The average Bonchev–Trinajstić information content (AvgIpc) is 3.34. The number of carbonyl (C=O) groups is 6. The smallest absolute Gasteiger partial charge is 0.329 e. The van der Waals surface area contributed by atoms with Crippen molar-refractivity contribution in [1.29, 1.82) is 0 Å². The molecule has 1 aromatic rings. The highest BCUT2D eigenvalue weighted by molar-refractivity contribution is 6.38. The van der Waals surface area contributed by atoms with E-state index in [1.165, 1.54) is 11.0 Å². The highest BCUT2D eigenvalue weighted by Gasteiger charge is 2.70. The Balaban J connectivity index is 1.79. The first-order valence-corrected chi connectivity index (χ1v) is 17.2. The van der Waals surface area contributed by atoms with Crippen molar-refractivity contribution in [2.45, 2.75) is 105 Å². The van der Waals surface area contributed by atoms with Crippen molar-refractivity contribution in [3.05, 3.63) is 48.6 Å². The number of piperidine rings is 1. The van der Waals surface area contributed by atoms with Gasteiger partial charge in [0, 0.05) is 13.1 Å². The van der Waals surface area contributed by atoms with E-state index in [-0.39, 0.29) is 36.1 Å². The van der Waals surface area contributed by atoms with Crippen LogP contribution in [0, 0.1) is 28.6 Å². The standard InChI is InChI=1S/C37H55N5O7/c1-11-16-25(29(43)32(45)38-19-12-2)39-31(44)28-26-24(37(26,9)10)20-42(28)33(46)30(36(6,7)8)41-35(48)40-27(21(3)4)34(47)49-22(5)23-17-14-13-15-18-23/h12-15,17-18,21-22,24-28,30H,2,11,16,19-20H2,1,3-10H3,(H,38,45)(H,39,44)(H2,40,41,48)/t22?,24-,25?,26-,27-,28-,30+/m0/s1. The van der Waals surface area contributed by atoms with Crippen molar-refractivity contribution in [2.75, 3.05) is 13.1 Å². The Bertz CT molecular complexity index is 1400. The largest absolute Gasteiger partial charge is 0.456 e. The molecule has 0 spiro atoms. The number of nitrogens with zero attached hydrogens (tertiary/aromatic N) is 1. The van der Waals surface area contributed by atoms with Gasteiger partial charge in [-0.25, -0.2) is 9.59 Å². The average molecular weight is 682 g/mol. The van der Waals surface area contributed by atoms with Gasteiger partial charge in [0.15, 0.2) is 0 Å². The van der Waals surface area contributed by atoms with Crippen LogP contribution >= 0.6 is 0 Å². The Hall–Kier alpha value is -4.22. The fraction of sp³-hybridized carbons (Fsp3) is 0.622. The van der Waals surface area contributed by atoms with Crippen LogP contribution in [-0.4, -0.2) is 77.7 Å². The number of amides is 5. The molecule has 1 aliphatic heterocycles. The number of Topliss-reactive ketones (excluding diaryl/α,β-unsaturated/α-hetero) is 1. The fourth-order valence-electron chi connectivity index (χ4n) is 6.70. The molecule has 1 heterocycles. The number of esters is 1. The molecule has 0 bridgehead atoms. The van der Waals surface area contributed by atoms with Crippen molar-refractivity contribution in [1.82, 2.24) is 26.2 Å². The first-order chi connectivity index (χ1) is 22.9. The maximum absolute atomic E-state index is 14.3. The van der Waals surface area contributed by atoms with Gasteiger partial charge in [0.2, 0.25) is 17.6 Å². The summed E-state index contributed by atoms with van der Waals surface area (Å²) in [5, 5.41) is 10.7. The van der Waals surface area contributed by atoms with Gasteiger partial charge in [-0.2, -0.15) is 0 Å². The number of ketones is 1. The molecule has 7 atom stereocenters. The van der Waals surface area contributed by atoms with Crippen molar-refractivity contribution in [3.8, 4) is 0 Å². The molecule has 270 valence electrons. The lowest BCUT2D eigenvalue weighted by Gasteiger charge is -2.38. The Morgan fingerprint density at radius 3 is 2.20 bits per heavy atom. The van der Waals surface area contributed by atoms with Gasteiger partial charge in [0.25, 0.3) is 5.91 Å². The summed E-state index contributed by atoms with van der Waals surface area (Å²) in [6.45, 7) is 20.6. The second-order valence-electron chi connectivity index (χ2n) is 15.2. The Labute approximate surface area is 290 Å². The van der Waals surface area contributed by atoms with E-state index in [4.69, 9.17) is 4.74 Å². The van der Waals surface area contributed by atoms with Crippen LogP contribution < -0.4 is 21.3 Å². The molecule has 1 aromatic carbocycles. The summed E-state index contributed by atoms with van der Waals surface area (Å²) in [7, 11) is 0. The molecule has 49 heavy (non-hydrogen) atoms. The van der Waals surface area contributed by atoms with Gasteiger partial charge < -0.3 is 30.9 Å². The van der Waals surface area contributed by atoms with E-state index < -0.39 is 71.2 Å². The van der Waals surface area contributed by atoms with Gasteiger partial charge in [-0.15, -0.1) is 6.58 Å². The van der Waals surface area contributed by atoms with Crippen LogP contribution in [0.1, 0.15) is 86.8 Å². The number of ether oxygens (including phenoxy) is 1. The predicted molar refractivity (Wildman–Crippen MR) is 186 cm³/mol. The van der Waals surface area contributed by atoms with E-state index in [0.717, 1.165) is 5.56 Å². The molecule has 2 aliphatic rings. The van der Waals surface area contributed by atoms with E-state index in [9.17, 15) is 28.8 Å². The lowest BCUT2D eigenvalue weighted by molar-refractivity contribution is -0.152. The van der Waals surface area contributed by atoms with Gasteiger partial charge in [0.1, 0.15) is 24.2 Å². The number of benzene rings is 1. The fourth-order valence-corrected chi connectivity index (χ4v) is 6.70. The van der Waals surface area contributed by atoms with Gasteiger partial charge in [-0.1, -0.05) is 98.2 Å². The second-order valence-corrected chi connectivity index (χ2v) is 15.2. The summed E-state index contributed by atoms with van der Waals surface area (Å²) < 4.78 is 5.68. The van der Waals surface area contributed by atoms with Crippen LogP contribution in [0.5, 0.6) is 0 Å². The third kappa shape index (κ3) is 9.27. The zero-order chi connectivity index (χ0) is 36.8. The molecule has 0 aromatic heterocycles. The van der Waals surface area contributed by atoms with E-state index >= 15 is 0 Å². The zero-order valence-electron chi connectivity index (χ0n) is 30.4. The molecule has 1 saturated heterocycles. The maximum Gasteiger partial charge on any atom is 0.329 e. The molecule has 2 fully saturated rings. The van der Waals surface area contributed by atoms with Crippen LogP contribution in [0.3, 0.4) is 0 Å². The topological polar surface area (TPSA) is 163 Å². The Kier molecular flexibility index (Phi) is 12.8. The predicted octanol–water partition coefficient (Wildman–Crippen LogP) is 3.67. The number of carbonyl (C=O) groups excluding carboxylic acids is 6. The minimum Gasteiger partial charge on any atom is -0.456 e. The highest BCUT2D eigenvalue weighted by atomic mass is 16.5. The summed E-state index contributed by atoms with van der Waals surface area (Å²) in [6.07, 6.45) is 1.71. The normalized spacial score (nSPS) is 21.7. The lowest BCUT2D eigenvalue weighted by Crippen LogP contribution is -2.62. The monoisotopic (exact) mass is 681 g/mol. The minimum atomic E-state index is -1.06. The van der Waals surface area contributed by atoms with Gasteiger partial charge in [-0.05, 0) is 47.5 Å². The molecular weight excluding hydrogens is 626 g/mol. The SMILES string of the molecule is C=CCNC(=O)C(=O)C(CCC)NC(=O)[C@@H]1[C@@H]2[C@H](CN1C(=O)[C@@H](NC(=O)N[C@H](C(=O)OC(C)c1ccccc1)C(C)C)C(C)(C)C)C2(C)C. The number of nitrogens with one attached hydrogen (secondary N) is 4.